The van der Waals surface area contributed by atoms with Crippen LogP contribution in [-0.4, -0.2) is 53.4 Å². The number of carbonyl (C=O) groups excluding carboxylic acids is 1. The van der Waals surface area contributed by atoms with Crippen molar-refractivity contribution in [2.24, 2.45) is 0 Å². The predicted molar refractivity (Wildman–Crippen MR) is 117 cm³/mol. The van der Waals surface area contributed by atoms with Crippen LogP contribution in [0.3, 0.4) is 0 Å². The van der Waals surface area contributed by atoms with Crippen molar-refractivity contribution in [2.45, 2.75) is 31.6 Å². The van der Waals surface area contributed by atoms with Crippen LogP contribution in [-0.2, 0) is 6.42 Å². The van der Waals surface area contributed by atoms with E-state index in [2.05, 4.69) is 22.1 Å². The Labute approximate surface area is 176 Å². The van der Waals surface area contributed by atoms with Gasteiger partial charge in [0.1, 0.15) is 5.82 Å². The molecule has 1 fully saturated rings. The van der Waals surface area contributed by atoms with Crippen molar-refractivity contribution in [3.63, 3.8) is 0 Å². The van der Waals surface area contributed by atoms with Crippen LogP contribution in [0.15, 0.2) is 48.7 Å². The van der Waals surface area contributed by atoms with Crippen molar-refractivity contribution in [3.05, 3.63) is 71.2 Å². The Morgan fingerprint density at radius 2 is 1.87 bits per heavy atom. The minimum absolute atomic E-state index is 0.171. The van der Waals surface area contributed by atoms with Gasteiger partial charge < -0.3 is 14.8 Å². The third kappa shape index (κ3) is 3.74. The van der Waals surface area contributed by atoms with Gasteiger partial charge in [-0.15, -0.1) is 0 Å². The molecular weight excluding hydrogens is 377 g/mol. The quantitative estimate of drug-likeness (QED) is 0.675. The first-order valence-corrected chi connectivity index (χ1v) is 11.0. The smallest absolute Gasteiger partial charge is 0.254 e. The summed E-state index contributed by atoms with van der Waals surface area (Å²) in [5.74, 6) is 0.495. The summed E-state index contributed by atoms with van der Waals surface area (Å²) in [6.07, 6.45) is 6.22. The topological polar surface area (TPSA) is 39.3 Å². The number of amides is 1. The SMILES string of the molecule is O=C1c2ccccc2CCN1CCCN1CCC(c2c[nH]c3ccc(F)cc23)CC1. The second-order valence-corrected chi connectivity index (χ2v) is 8.60. The van der Waals surface area contributed by atoms with Crippen LogP contribution in [0.1, 0.15) is 46.7 Å². The van der Waals surface area contributed by atoms with Gasteiger partial charge >= 0.3 is 0 Å². The zero-order valence-electron chi connectivity index (χ0n) is 17.2. The highest BCUT2D eigenvalue weighted by Gasteiger charge is 2.25. The molecule has 1 N–H and O–H groups in total. The number of hydrogen-bond acceptors (Lipinski definition) is 2. The highest BCUT2D eigenvalue weighted by atomic mass is 19.1. The molecule has 5 rings (SSSR count). The Balaban J connectivity index is 1.12. The van der Waals surface area contributed by atoms with Crippen LogP contribution in [0.5, 0.6) is 0 Å². The van der Waals surface area contributed by atoms with Gasteiger partial charge in [-0.25, -0.2) is 4.39 Å². The van der Waals surface area contributed by atoms with Crippen molar-refractivity contribution < 1.29 is 9.18 Å². The van der Waals surface area contributed by atoms with E-state index in [0.29, 0.717) is 5.92 Å². The van der Waals surface area contributed by atoms with Crippen LogP contribution in [0.2, 0.25) is 0 Å². The molecule has 156 valence electrons. The average molecular weight is 406 g/mol. The zero-order valence-corrected chi connectivity index (χ0v) is 17.2. The van der Waals surface area contributed by atoms with Crippen molar-refractivity contribution in [3.8, 4) is 0 Å². The Morgan fingerprint density at radius 1 is 1.03 bits per heavy atom. The maximum atomic E-state index is 13.7. The van der Waals surface area contributed by atoms with Gasteiger partial charge in [0, 0.05) is 35.8 Å². The highest BCUT2D eigenvalue weighted by molar-refractivity contribution is 5.96. The van der Waals surface area contributed by atoms with Crippen molar-refractivity contribution >= 4 is 16.8 Å². The number of piperidine rings is 1. The van der Waals surface area contributed by atoms with E-state index in [1.54, 1.807) is 6.07 Å². The average Bonchev–Trinajstić information content (AvgIpc) is 3.19. The normalized spacial score (nSPS) is 18.2. The van der Waals surface area contributed by atoms with Crippen molar-refractivity contribution in [1.82, 2.24) is 14.8 Å². The lowest BCUT2D eigenvalue weighted by atomic mass is 9.89. The van der Waals surface area contributed by atoms with E-state index in [9.17, 15) is 9.18 Å². The van der Waals surface area contributed by atoms with Gasteiger partial charge in [-0.05, 0) is 86.6 Å². The molecule has 5 heteroatoms. The van der Waals surface area contributed by atoms with Crippen LogP contribution in [0.4, 0.5) is 4.39 Å². The van der Waals surface area contributed by atoms with Crippen LogP contribution in [0, 0.1) is 5.82 Å². The molecule has 0 unspecified atom stereocenters. The van der Waals surface area contributed by atoms with Gasteiger partial charge in [-0.3, -0.25) is 4.79 Å². The number of nitrogens with one attached hydrogen (secondary N) is 1. The van der Waals surface area contributed by atoms with Crippen molar-refractivity contribution in [2.75, 3.05) is 32.7 Å². The first kappa shape index (κ1) is 19.3. The molecule has 0 aliphatic carbocycles. The third-order valence-corrected chi connectivity index (χ3v) is 6.79. The summed E-state index contributed by atoms with van der Waals surface area (Å²) in [5.41, 5.74) is 4.32. The summed E-state index contributed by atoms with van der Waals surface area (Å²) in [5, 5.41) is 1.03. The lowest BCUT2D eigenvalue weighted by Crippen LogP contribution is -2.40. The second kappa shape index (κ2) is 8.23. The number of benzene rings is 2. The fraction of sp³-hybridized carbons (Fsp3) is 0.400. The van der Waals surface area contributed by atoms with Gasteiger partial charge in [0.2, 0.25) is 0 Å². The molecule has 1 saturated heterocycles. The zero-order chi connectivity index (χ0) is 20.5. The molecule has 3 heterocycles. The number of halogens is 1. The number of likely N-dealkylation sites (tertiary alicyclic amines) is 1. The van der Waals surface area contributed by atoms with E-state index in [4.69, 9.17) is 0 Å². The molecular formula is C25H28FN3O. The minimum Gasteiger partial charge on any atom is -0.361 e. The number of fused-ring (bicyclic) bond motifs is 2. The first-order valence-electron chi connectivity index (χ1n) is 11.0. The molecule has 2 aromatic carbocycles. The molecule has 4 nitrogen and oxygen atoms in total. The van der Waals surface area contributed by atoms with Gasteiger partial charge in [-0.1, -0.05) is 18.2 Å². The summed E-state index contributed by atoms with van der Waals surface area (Å²) in [6.45, 7) is 4.80. The van der Waals surface area contributed by atoms with E-state index >= 15 is 0 Å². The molecule has 30 heavy (non-hydrogen) atoms. The predicted octanol–water partition coefficient (Wildman–Crippen LogP) is 4.58. The number of nitrogens with zero attached hydrogens (tertiary/aromatic N) is 2. The summed E-state index contributed by atoms with van der Waals surface area (Å²) in [4.78, 5) is 20.5. The van der Waals surface area contributed by atoms with Crippen LogP contribution in [0.25, 0.3) is 10.9 Å². The molecule has 1 amide bonds. The first-order chi connectivity index (χ1) is 14.7. The Morgan fingerprint density at radius 3 is 2.73 bits per heavy atom. The number of aromatic amines is 1. The molecule has 0 radical (unpaired) electrons. The van der Waals surface area contributed by atoms with Gasteiger partial charge in [0.05, 0.1) is 0 Å². The van der Waals surface area contributed by atoms with Gasteiger partial charge in [0.15, 0.2) is 0 Å². The summed E-state index contributed by atoms with van der Waals surface area (Å²) in [6, 6.07) is 13.0. The Hall–Kier alpha value is -2.66. The third-order valence-electron chi connectivity index (χ3n) is 6.79. The molecule has 0 saturated carbocycles. The van der Waals surface area contributed by atoms with Crippen LogP contribution < -0.4 is 0 Å². The lowest BCUT2D eigenvalue weighted by Gasteiger charge is -2.33. The van der Waals surface area contributed by atoms with E-state index in [1.807, 2.05) is 29.2 Å². The largest absolute Gasteiger partial charge is 0.361 e. The fourth-order valence-corrected chi connectivity index (χ4v) is 5.09. The Bertz CT molecular complexity index is 1050. The number of H-pyrrole nitrogens is 1. The lowest BCUT2D eigenvalue weighted by molar-refractivity contribution is 0.0729. The second-order valence-electron chi connectivity index (χ2n) is 8.60. The standard InChI is InChI=1S/C25H28FN3O/c26-20-6-7-24-22(16-20)23(17-27-24)19-8-13-28(14-9-19)11-3-12-29-15-10-18-4-1-2-5-21(18)25(29)30/h1-2,4-7,16-17,19,27H,3,8-15H2. The van der Waals surface area contributed by atoms with E-state index in [0.717, 1.165) is 74.9 Å². The minimum atomic E-state index is -0.171. The molecule has 2 aliphatic rings. The maximum Gasteiger partial charge on any atom is 0.254 e. The maximum absolute atomic E-state index is 13.7. The van der Waals surface area contributed by atoms with E-state index in [-0.39, 0.29) is 11.7 Å². The summed E-state index contributed by atoms with van der Waals surface area (Å²) >= 11 is 0. The number of rotatable bonds is 5. The van der Waals surface area contributed by atoms with E-state index < -0.39 is 0 Å². The molecule has 3 aromatic rings. The molecule has 2 aliphatic heterocycles. The molecule has 1 aromatic heterocycles. The number of aromatic nitrogens is 1. The molecule has 0 atom stereocenters. The van der Waals surface area contributed by atoms with Gasteiger partial charge in [0.25, 0.3) is 5.91 Å². The monoisotopic (exact) mass is 405 g/mol. The Kier molecular flexibility index (Phi) is 5.30. The number of carbonyl (C=O) groups is 1. The molecule has 0 spiro atoms. The number of hydrogen-bond donors (Lipinski definition) is 1. The van der Waals surface area contributed by atoms with E-state index in [1.165, 1.54) is 17.2 Å². The fourth-order valence-electron chi connectivity index (χ4n) is 5.09. The highest BCUT2D eigenvalue weighted by Crippen LogP contribution is 2.33. The van der Waals surface area contributed by atoms with Crippen LogP contribution >= 0.6 is 0 Å². The van der Waals surface area contributed by atoms with Gasteiger partial charge in [-0.2, -0.15) is 0 Å². The summed E-state index contributed by atoms with van der Waals surface area (Å²) in [7, 11) is 0. The van der Waals surface area contributed by atoms with Crippen molar-refractivity contribution in [1.29, 1.82) is 0 Å². The molecule has 0 bridgehead atoms. The summed E-state index contributed by atoms with van der Waals surface area (Å²) < 4.78 is 13.7.